The van der Waals surface area contributed by atoms with Crippen LogP contribution in [0.5, 0.6) is 0 Å². The number of pyridine rings is 1. The Morgan fingerprint density at radius 2 is 1.83 bits per heavy atom. The monoisotopic (exact) mass is 248 g/mol. The summed E-state index contributed by atoms with van der Waals surface area (Å²) in [4.78, 5) is 11.2. The standard InChI is InChI=1S/C15H21NO2/c1-6-12-7-9-16(10-8-12)15(4,5)11-14(2,3)13(17)18/h6-10H,1,11H2,2-5H3/p+1. The Bertz CT molecular complexity index is 444. The lowest BCUT2D eigenvalue weighted by atomic mass is 9.80. The van der Waals surface area contributed by atoms with Gasteiger partial charge < -0.3 is 5.11 Å². The average Bonchev–Trinajstić information content (AvgIpc) is 2.27. The molecular weight excluding hydrogens is 226 g/mol. The van der Waals surface area contributed by atoms with E-state index in [1.807, 2.05) is 42.9 Å². The minimum absolute atomic E-state index is 0.248. The first-order valence-electron chi connectivity index (χ1n) is 6.07. The third kappa shape index (κ3) is 3.19. The van der Waals surface area contributed by atoms with Crippen LogP contribution in [0.15, 0.2) is 31.1 Å². The summed E-state index contributed by atoms with van der Waals surface area (Å²) in [6.07, 6.45) is 6.29. The summed E-state index contributed by atoms with van der Waals surface area (Å²) in [7, 11) is 0. The molecule has 1 N–H and O–H groups in total. The zero-order valence-electron chi connectivity index (χ0n) is 11.6. The number of carbonyl (C=O) groups is 1. The Kier molecular flexibility index (Phi) is 3.95. The zero-order chi connectivity index (χ0) is 14.0. The molecule has 0 aliphatic rings. The van der Waals surface area contributed by atoms with E-state index in [0.29, 0.717) is 6.42 Å². The molecule has 0 saturated carbocycles. The fraction of sp³-hybridized carbons (Fsp3) is 0.467. The van der Waals surface area contributed by atoms with Crippen molar-refractivity contribution >= 4 is 12.0 Å². The SMILES string of the molecule is C=Cc1cc[n+](C(C)(C)CC(C)(C)C(=O)O)cc1. The van der Waals surface area contributed by atoms with Crippen LogP contribution in [-0.4, -0.2) is 11.1 Å². The largest absolute Gasteiger partial charge is 0.481 e. The van der Waals surface area contributed by atoms with Gasteiger partial charge in [0.05, 0.1) is 5.41 Å². The molecule has 0 atom stereocenters. The number of hydrogen-bond donors (Lipinski definition) is 1. The topological polar surface area (TPSA) is 41.2 Å². The van der Waals surface area contributed by atoms with Gasteiger partial charge in [0.2, 0.25) is 0 Å². The molecule has 18 heavy (non-hydrogen) atoms. The number of nitrogens with zero attached hydrogens (tertiary/aromatic N) is 1. The van der Waals surface area contributed by atoms with Crippen molar-refractivity contribution in [1.82, 2.24) is 0 Å². The molecular formula is C15H22NO2+. The molecule has 0 spiro atoms. The molecule has 3 nitrogen and oxygen atoms in total. The molecule has 0 aromatic carbocycles. The molecule has 1 aromatic rings. The first-order chi connectivity index (χ1) is 8.19. The predicted molar refractivity (Wildman–Crippen MR) is 72.1 cm³/mol. The van der Waals surface area contributed by atoms with Gasteiger partial charge >= 0.3 is 5.97 Å². The maximum atomic E-state index is 11.2. The highest BCUT2D eigenvalue weighted by Crippen LogP contribution is 2.29. The fourth-order valence-corrected chi connectivity index (χ4v) is 2.23. The second-order valence-electron chi connectivity index (χ2n) is 5.92. The van der Waals surface area contributed by atoms with Gasteiger partial charge in [-0.15, -0.1) is 0 Å². The van der Waals surface area contributed by atoms with Crippen molar-refractivity contribution in [2.45, 2.75) is 39.7 Å². The Morgan fingerprint density at radius 3 is 2.22 bits per heavy atom. The van der Waals surface area contributed by atoms with Crippen molar-refractivity contribution in [2.24, 2.45) is 5.41 Å². The van der Waals surface area contributed by atoms with E-state index >= 15 is 0 Å². The molecule has 3 heteroatoms. The van der Waals surface area contributed by atoms with Crippen molar-refractivity contribution in [1.29, 1.82) is 0 Å². The van der Waals surface area contributed by atoms with Crippen molar-refractivity contribution in [3.63, 3.8) is 0 Å². The van der Waals surface area contributed by atoms with Gasteiger partial charge in [-0.05, 0) is 19.4 Å². The second kappa shape index (κ2) is 4.92. The number of carboxylic acids is 1. The van der Waals surface area contributed by atoms with Crippen LogP contribution in [0.3, 0.4) is 0 Å². The highest BCUT2D eigenvalue weighted by molar-refractivity contribution is 5.73. The third-order valence-corrected chi connectivity index (χ3v) is 3.24. The lowest BCUT2D eigenvalue weighted by molar-refractivity contribution is -0.760. The van der Waals surface area contributed by atoms with E-state index in [0.717, 1.165) is 5.56 Å². The number of hydrogen-bond acceptors (Lipinski definition) is 1. The van der Waals surface area contributed by atoms with Crippen LogP contribution in [0.2, 0.25) is 0 Å². The van der Waals surface area contributed by atoms with E-state index in [9.17, 15) is 9.90 Å². The fourth-order valence-electron chi connectivity index (χ4n) is 2.23. The van der Waals surface area contributed by atoms with Gasteiger partial charge in [0.25, 0.3) is 0 Å². The maximum Gasteiger partial charge on any atom is 0.309 e. The molecule has 0 amide bonds. The molecule has 1 aromatic heterocycles. The predicted octanol–water partition coefficient (Wildman–Crippen LogP) is 2.85. The van der Waals surface area contributed by atoms with Crippen LogP contribution >= 0.6 is 0 Å². The van der Waals surface area contributed by atoms with Gasteiger partial charge in [0.15, 0.2) is 17.9 Å². The summed E-state index contributed by atoms with van der Waals surface area (Å²) in [5.74, 6) is -0.765. The molecule has 0 aliphatic carbocycles. The summed E-state index contributed by atoms with van der Waals surface area (Å²) in [6.45, 7) is 11.3. The van der Waals surface area contributed by atoms with Gasteiger partial charge in [-0.25, -0.2) is 4.57 Å². The quantitative estimate of drug-likeness (QED) is 0.814. The molecule has 0 bridgehead atoms. The van der Waals surface area contributed by atoms with Crippen molar-refractivity contribution < 1.29 is 14.5 Å². The smallest absolute Gasteiger partial charge is 0.309 e. The summed E-state index contributed by atoms with van der Waals surface area (Å²) in [5, 5.41) is 9.21. The van der Waals surface area contributed by atoms with E-state index < -0.39 is 11.4 Å². The van der Waals surface area contributed by atoms with Gasteiger partial charge in [0.1, 0.15) is 0 Å². The molecule has 1 rings (SSSR count). The van der Waals surface area contributed by atoms with Crippen LogP contribution in [0.1, 0.15) is 39.7 Å². The molecule has 0 saturated heterocycles. The average molecular weight is 248 g/mol. The Balaban J connectivity index is 2.98. The molecule has 0 radical (unpaired) electrons. The minimum Gasteiger partial charge on any atom is -0.481 e. The highest BCUT2D eigenvalue weighted by atomic mass is 16.4. The maximum absolute atomic E-state index is 11.2. The minimum atomic E-state index is -0.765. The summed E-state index contributed by atoms with van der Waals surface area (Å²) < 4.78 is 2.05. The third-order valence-electron chi connectivity index (χ3n) is 3.24. The Morgan fingerprint density at radius 1 is 1.33 bits per heavy atom. The highest BCUT2D eigenvalue weighted by Gasteiger charge is 2.39. The van der Waals surface area contributed by atoms with Crippen LogP contribution in [-0.2, 0) is 10.3 Å². The van der Waals surface area contributed by atoms with Gasteiger partial charge in [-0.1, -0.05) is 12.7 Å². The lowest BCUT2D eigenvalue weighted by Gasteiger charge is -2.27. The van der Waals surface area contributed by atoms with Gasteiger partial charge in [-0.3, -0.25) is 4.79 Å². The number of aliphatic carboxylic acids is 1. The lowest BCUT2D eigenvalue weighted by Crippen LogP contribution is -2.54. The summed E-state index contributed by atoms with van der Waals surface area (Å²) in [6, 6.07) is 3.95. The number of aromatic nitrogens is 1. The van der Waals surface area contributed by atoms with E-state index in [4.69, 9.17) is 0 Å². The van der Waals surface area contributed by atoms with E-state index in [1.165, 1.54) is 0 Å². The van der Waals surface area contributed by atoms with E-state index in [1.54, 1.807) is 19.9 Å². The van der Waals surface area contributed by atoms with Gasteiger partial charge in [-0.2, -0.15) is 0 Å². The van der Waals surface area contributed by atoms with Crippen molar-refractivity contribution in [3.8, 4) is 0 Å². The summed E-state index contributed by atoms with van der Waals surface area (Å²) in [5.41, 5.74) is 0.0643. The van der Waals surface area contributed by atoms with Crippen LogP contribution in [0.25, 0.3) is 6.08 Å². The first kappa shape index (κ1) is 14.4. The van der Waals surface area contributed by atoms with Crippen molar-refractivity contribution in [2.75, 3.05) is 0 Å². The Hall–Kier alpha value is -1.64. The van der Waals surface area contributed by atoms with Crippen LogP contribution in [0, 0.1) is 5.41 Å². The van der Waals surface area contributed by atoms with E-state index in [2.05, 4.69) is 6.58 Å². The summed E-state index contributed by atoms with van der Waals surface area (Å²) >= 11 is 0. The molecule has 0 unspecified atom stereocenters. The normalized spacial score (nSPS) is 12.2. The molecule has 1 heterocycles. The first-order valence-corrected chi connectivity index (χ1v) is 6.07. The molecule has 0 aliphatic heterocycles. The zero-order valence-corrected chi connectivity index (χ0v) is 11.6. The Labute approximate surface area is 109 Å². The molecule has 98 valence electrons. The van der Waals surface area contributed by atoms with Crippen LogP contribution in [0.4, 0.5) is 0 Å². The number of rotatable bonds is 5. The number of carboxylic acid groups (broad SMARTS) is 1. The van der Waals surface area contributed by atoms with Crippen LogP contribution < -0.4 is 4.57 Å². The molecule has 0 fully saturated rings. The van der Waals surface area contributed by atoms with Crippen molar-refractivity contribution in [3.05, 3.63) is 36.7 Å². The second-order valence-corrected chi connectivity index (χ2v) is 5.92. The van der Waals surface area contributed by atoms with Gasteiger partial charge in [0, 0.05) is 32.4 Å². The van der Waals surface area contributed by atoms with E-state index in [-0.39, 0.29) is 5.54 Å².